The minimum absolute atomic E-state index is 0.00491. The van der Waals surface area contributed by atoms with Crippen LogP contribution in [0.2, 0.25) is 10.0 Å². The van der Waals surface area contributed by atoms with Crippen LogP contribution < -0.4 is 0 Å². The van der Waals surface area contributed by atoms with Gasteiger partial charge in [-0.2, -0.15) is 9.98 Å². The van der Waals surface area contributed by atoms with Crippen molar-refractivity contribution in [1.29, 1.82) is 0 Å². The van der Waals surface area contributed by atoms with E-state index in [4.69, 9.17) is 23.2 Å². The number of hydrogen-bond donors (Lipinski definition) is 0. The number of aliphatic imine (C=N–C) groups is 2. The lowest BCUT2D eigenvalue weighted by Crippen LogP contribution is -1.83. The number of isocyanates is 2. The maximum atomic E-state index is 10.5. The van der Waals surface area contributed by atoms with E-state index in [0.717, 1.165) is 5.56 Å². The molecule has 0 fully saturated rings. The number of halogens is 2. The lowest BCUT2D eigenvalue weighted by atomic mass is 10.0. The number of hydrogen-bond acceptors (Lipinski definition) is 4. The number of carbonyl (C=O) groups excluding carboxylic acids is 2. The van der Waals surface area contributed by atoms with Gasteiger partial charge in [0.1, 0.15) is 11.4 Å². The van der Waals surface area contributed by atoms with E-state index in [1.165, 1.54) is 18.2 Å². The summed E-state index contributed by atoms with van der Waals surface area (Å²) in [5.74, 6) is 0. The van der Waals surface area contributed by atoms with E-state index < -0.39 is 0 Å². The van der Waals surface area contributed by atoms with Crippen molar-refractivity contribution in [2.75, 3.05) is 0 Å². The first-order valence-corrected chi connectivity index (χ1v) is 6.17. The Hall–Kier alpha value is -2.22. The van der Waals surface area contributed by atoms with Gasteiger partial charge in [-0.25, -0.2) is 9.59 Å². The summed E-state index contributed by atoms with van der Waals surface area (Å²) < 4.78 is 0. The van der Waals surface area contributed by atoms with Crippen LogP contribution in [0.1, 0.15) is 0 Å². The molecule has 0 saturated carbocycles. The number of nitrogens with zero attached hydrogens (tertiary/aromatic N) is 2. The zero-order chi connectivity index (χ0) is 14.5. The second kappa shape index (κ2) is 6.29. The molecule has 0 aromatic heterocycles. The minimum Gasteiger partial charge on any atom is -0.211 e. The average Bonchev–Trinajstić information content (AvgIpc) is 2.48. The first kappa shape index (κ1) is 14.2. The standard InChI is InChI=1S/C14H6Cl2N2O2/c15-12-10(9-4-2-1-3-5-9)6-11(17-7-19)14(13(12)16)18-8-20/h1-6H. The second-order valence-electron chi connectivity index (χ2n) is 3.69. The van der Waals surface area contributed by atoms with Crippen molar-refractivity contribution >= 4 is 46.7 Å². The molecule has 0 aliphatic heterocycles. The van der Waals surface area contributed by atoms with Gasteiger partial charge in [-0.15, -0.1) is 0 Å². The normalized spacial score (nSPS) is 9.50. The summed E-state index contributed by atoms with van der Waals surface area (Å²) >= 11 is 12.3. The average molecular weight is 305 g/mol. The van der Waals surface area contributed by atoms with Crippen LogP contribution in [0.5, 0.6) is 0 Å². The zero-order valence-corrected chi connectivity index (χ0v) is 11.4. The van der Waals surface area contributed by atoms with Crippen molar-refractivity contribution in [3.05, 3.63) is 46.4 Å². The van der Waals surface area contributed by atoms with E-state index in [1.54, 1.807) is 0 Å². The van der Waals surface area contributed by atoms with Crippen LogP contribution in [0, 0.1) is 0 Å². The van der Waals surface area contributed by atoms with Crippen molar-refractivity contribution in [3.63, 3.8) is 0 Å². The fourth-order valence-electron chi connectivity index (χ4n) is 1.72. The van der Waals surface area contributed by atoms with Crippen LogP contribution in [0.25, 0.3) is 11.1 Å². The molecule has 2 rings (SSSR count). The van der Waals surface area contributed by atoms with E-state index in [0.29, 0.717) is 5.56 Å². The topological polar surface area (TPSA) is 58.9 Å². The molecule has 0 aliphatic rings. The Balaban J connectivity index is 2.79. The van der Waals surface area contributed by atoms with E-state index in [1.807, 2.05) is 30.3 Å². The highest BCUT2D eigenvalue weighted by Gasteiger charge is 2.16. The summed E-state index contributed by atoms with van der Waals surface area (Å²) in [6.07, 6.45) is 2.74. The van der Waals surface area contributed by atoms with Gasteiger partial charge >= 0.3 is 0 Å². The highest BCUT2D eigenvalue weighted by Crippen LogP contribution is 2.45. The molecule has 2 aromatic carbocycles. The molecule has 0 radical (unpaired) electrons. The molecule has 0 amide bonds. The van der Waals surface area contributed by atoms with Crippen molar-refractivity contribution < 1.29 is 9.59 Å². The molecule has 6 heteroatoms. The third-order valence-corrected chi connectivity index (χ3v) is 3.43. The lowest BCUT2D eigenvalue weighted by molar-refractivity contribution is 0.564. The molecule has 2 aromatic rings. The molecule has 0 aliphatic carbocycles. The molecule has 0 bridgehead atoms. The van der Waals surface area contributed by atoms with Gasteiger partial charge < -0.3 is 0 Å². The minimum atomic E-state index is -0.00491. The largest absolute Gasteiger partial charge is 0.240 e. The highest BCUT2D eigenvalue weighted by molar-refractivity contribution is 6.45. The Morgan fingerprint density at radius 1 is 0.900 bits per heavy atom. The van der Waals surface area contributed by atoms with Crippen LogP contribution >= 0.6 is 23.2 Å². The Bertz CT molecular complexity index is 748. The van der Waals surface area contributed by atoms with Gasteiger partial charge in [0.15, 0.2) is 0 Å². The molecule has 0 unspecified atom stereocenters. The van der Waals surface area contributed by atoms with Crippen LogP contribution in [0.3, 0.4) is 0 Å². The lowest BCUT2D eigenvalue weighted by Gasteiger charge is -2.09. The summed E-state index contributed by atoms with van der Waals surface area (Å²) in [5, 5.41) is 0.252. The SMILES string of the molecule is O=C=Nc1cc(-c2ccccc2)c(Cl)c(Cl)c1N=C=O. The van der Waals surface area contributed by atoms with E-state index in [-0.39, 0.29) is 21.4 Å². The van der Waals surface area contributed by atoms with Crippen molar-refractivity contribution in [2.24, 2.45) is 9.98 Å². The molecule has 0 N–H and O–H groups in total. The fraction of sp³-hybridized carbons (Fsp3) is 0. The smallest absolute Gasteiger partial charge is 0.211 e. The molecular weight excluding hydrogens is 299 g/mol. The van der Waals surface area contributed by atoms with Gasteiger partial charge in [0.25, 0.3) is 0 Å². The zero-order valence-electron chi connectivity index (χ0n) is 9.93. The van der Waals surface area contributed by atoms with Crippen molar-refractivity contribution in [3.8, 4) is 11.1 Å². The first-order chi connectivity index (χ1) is 9.69. The monoisotopic (exact) mass is 304 g/mol. The molecule has 0 heterocycles. The molecule has 20 heavy (non-hydrogen) atoms. The summed E-state index contributed by atoms with van der Waals surface area (Å²) in [5.41, 5.74) is 1.48. The fourth-order valence-corrected chi connectivity index (χ4v) is 2.21. The predicted octanol–water partition coefficient (Wildman–Crippen LogP) is 4.60. The Morgan fingerprint density at radius 3 is 2.15 bits per heavy atom. The molecular formula is C14H6Cl2N2O2. The van der Waals surface area contributed by atoms with Gasteiger partial charge in [0, 0.05) is 5.56 Å². The van der Waals surface area contributed by atoms with Gasteiger partial charge in [-0.3, -0.25) is 0 Å². The van der Waals surface area contributed by atoms with Gasteiger partial charge in [0.05, 0.1) is 10.0 Å². The van der Waals surface area contributed by atoms with Gasteiger partial charge in [0.2, 0.25) is 12.2 Å². The molecule has 0 saturated heterocycles. The third kappa shape index (κ3) is 2.69. The Morgan fingerprint density at radius 2 is 1.55 bits per heavy atom. The number of rotatable bonds is 3. The summed E-state index contributed by atoms with van der Waals surface area (Å²) in [4.78, 5) is 27.8. The van der Waals surface area contributed by atoms with Crippen LogP contribution in [0.15, 0.2) is 46.4 Å². The summed E-state index contributed by atoms with van der Waals surface area (Å²) in [6, 6.07) is 10.7. The third-order valence-electron chi connectivity index (χ3n) is 2.57. The summed E-state index contributed by atoms with van der Waals surface area (Å²) in [6.45, 7) is 0. The van der Waals surface area contributed by atoms with Crippen LogP contribution in [0.4, 0.5) is 11.4 Å². The van der Waals surface area contributed by atoms with E-state index in [9.17, 15) is 9.59 Å². The quantitative estimate of drug-likeness (QED) is 0.615. The predicted molar refractivity (Wildman–Crippen MR) is 77.5 cm³/mol. The maximum absolute atomic E-state index is 10.5. The molecule has 98 valence electrons. The Labute approximate surface area is 124 Å². The van der Waals surface area contributed by atoms with Crippen LogP contribution in [-0.4, -0.2) is 12.2 Å². The summed E-state index contributed by atoms with van der Waals surface area (Å²) in [7, 11) is 0. The molecule has 0 spiro atoms. The first-order valence-electron chi connectivity index (χ1n) is 5.42. The Kier molecular flexibility index (Phi) is 4.46. The van der Waals surface area contributed by atoms with E-state index >= 15 is 0 Å². The maximum Gasteiger partial charge on any atom is 0.240 e. The van der Waals surface area contributed by atoms with Gasteiger partial charge in [-0.1, -0.05) is 53.5 Å². The highest BCUT2D eigenvalue weighted by atomic mass is 35.5. The van der Waals surface area contributed by atoms with Crippen molar-refractivity contribution in [2.45, 2.75) is 0 Å². The number of benzene rings is 2. The van der Waals surface area contributed by atoms with Crippen LogP contribution in [-0.2, 0) is 9.59 Å². The van der Waals surface area contributed by atoms with Gasteiger partial charge in [-0.05, 0) is 11.6 Å². The van der Waals surface area contributed by atoms with E-state index in [2.05, 4.69) is 9.98 Å². The second-order valence-corrected chi connectivity index (χ2v) is 4.45. The molecule has 4 nitrogen and oxygen atoms in total. The van der Waals surface area contributed by atoms with Crippen molar-refractivity contribution in [1.82, 2.24) is 0 Å². The molecule has 0 atom stereocenters.